The van der Waals surface area contributed by atoms with Crippen molar-refractivity contribution in [2.24, 2.45) is 0 Å². The SMILES string of the molecule is Cc1cc(C)cc(NC(=O)c2c3c(nc4ccccc24)CCN(Cc2ccccc2)C3)c1. The van der Waals surface area contributed by atoms with Gasteiger partial charge >= 0.3 is 0 Å². The van der Waals surface area contributed by atoms with E-state index in [2.05, 4.69) is 40.5 Å². The number of pyridine rings is 1. The van der Waals surface area contributed by atoms with Crippen LogP contribution < -0.4 is 5.32 Å². The van der Waals surface area contributed by atoms with Crippen molar-refractivity contribution >= 4 is 22.5 Å². The molecule has 0 saturated carbocycles. The number of aromatic nitrogens is 1. The molecule has 1 N–H and O–H groups in total. The Balaban J connectivity index is 1.54. The number of fused-ring (bicyclic) bond motifs is 2. The van der Waals surface area contributed by atoms with Gasteiger partial charge in [-0.25, -0.2) is 0 Å². The number of para-hydroxylation sites is 1. The first-order valence-electron chi connectivity index (χ1n) is 11.1. The Morgan fingerprint density at radius 3 is 2.47 bits per heavy atom. The normalized spacial score (nSPS) is 13.7. The Morgan fingerprint density at radius 2 is 1.69 bits per heavy atom. The predicted molar refractivity (Wildman–Crippen MR) is 130 cm³/mol. The fourth-order valence-corrected chi connectivity index (χ4v) is 4.72. The second-order valence-corrected chi connectivity index (χ2v) is 8.71. The van der Waals surface area contributed by atoms with Crippen molar-refractivity contribution in [2.75, 3.05) is 11.9 Å². The van der Waals surface area contributed by atoms with Gasteiger partial charge < -0.3 is 5.32 Å². The number of anilines is 1. The molecule has 160 valence electrons. The lowest BCUT2D eigenvalue weighted by Crippen LogP contribution is -2.32. The van der Waals surface area contributed by atoms with Crippen LogP contribution in [-0.4, -0.2) is 22.3 Å². The van der Waals surface area contributed by atoms with Crippen molar-refractivity contribution in [3.8, 4) is 0 Å². The number of amides is 1. The Bertz CT molecular complexity index is 1280. The van der Waals surface area contributed by atoms with E-state index in [1.807, 2.05) is 56.3 Å². The highest BCUT2D eigenvalue weighted by Crippen LogP contribution is 2.30. The third-order valence-corrected chi connectivity index (χ3v) is 6.08. The molecule has 4 heteroatoms. The minimum Gasteiger partial charge on any atom is -0.322 e. The Morgan fingerprint density at radius 1 is 0.969 bits per heavy atom. The van der Waals surface area contributed by atoms with Gasteiger partial charge in [-0.05, 0) is 48.7 Å². The molecule has 3 aromatic carbocycles. The molecule has 32 heavy (non-hydrogen) atoms. The monoisotopic (exact) mass is 421 g/mol. The van der Waals surface area contributed by atoms with Crippen LogP contribution in [0.25, 0.3) is 10.9 Å². The topological polar surface area (TPSA) is 45.2 Å². The highest BCUT2D eigenvalue weighted by molar-refractivity contribution is 6.13. The Hall–Kier alpha value is -3.50. The van der Waals surface area contributed by atoms with Gasteiger partial charge in [0.05, 0.1) is 11.1 Å². The van der Waals surface area contributed by atoms with Gasteiger partial charge in [0.15, 0.2) is 0 Å². The van der Waals surface area contributed by atoms with Crippen LogP contribution in [0.2, 0.25) is 0 Å². The minimum atomic E-state index is -0.0635. The van der Waals surface area contributed by atoms with Crippen LogP contribution in [0.4, 0.5) is 5.69 Å². The van der Waals surface area contributed by atoms with Gasteiger partial charge in [0.2, 0.25) is 0 Å². The molecule has 1 aliphatic rings. The van der Waals surface area contributed by atoms with Gasteiger partial charge in [-0.15, -0.1) is 0 Å². The van der Waals surface area contributed by atoms with Crippen LogP contribution in [0.5, 0.6) is 0 Å². The summed E-state index contributed by atoms with van der Waals surface area (Å²) in [6.45, 7) is 6.62. The Labute approximate surface area is 188 Å². The quantitative estimate of drug-likeness (QED) is 0.462. The first-order valence-corrected chi connectivity index (χ1v) is 11.1. The summed E-state index contributed by atoms with van der Waals surface area (Å²) >= 11 is 0. The molecule has 0 atom stereocenters. The number of rotatable bonds is 4. The van der Waals surface area contributed by atoms with Gasteiger partial charge in [-0.3, -0.25) is 14.7 Å². The maximum Gasteiger partial charge on any atom is 0.256 e. The zero-order valence-electron chi connectivity index (χ0n) is 18.6. The first-order chi connectivity index (χ1) is 15.6. The van der Waals surface area contributed by atoms with Crippen molar-refractivity contribution in [2.45, 2.75) is 33.4 Å². The number of aryl methyl sites for hydroxylation is 2. The standard InChI is InChI=1S/C28H27N3O/c1-19-14-20(2)16-22(15-19)29-28(32)27-23-10-6-7-11-25(23)30-26-12-13-31(18-24(26)27)17-21-8-4-3-5-9-21/h3-11,14-16H,12-13,17-18H2,1-2H3,(H,29,32). The second-order valence-electron chi connectivity index (χ2n) is 8.71. The van der Waals surface area contributed by atoms with E-state index in [1.54, 1.807) is 0 Å². The molecular formula is C28H27N3O. The second kappa shape index (κ2) is 8.56. The van der Waals surface area contributed by atoms with Crippen LogP contribution in [0.15, 0.2) is 72.8 Å². The van der Waals surface area contributed by atoms with Crippen LogP contribution in [0.3, 0.4) is 0 Å². The lowest BCUT2D eigenvalue weighted by atomic mass is 9.94. The maximum atomic E-state index is 13.6. The molecule has 5 rings (SSSR count). The van der Waals surface area contributed by atoms with Crippen molar-refractivity contribution in [1.82, 2.24) is 9.88 Å². The lowest BCUT2D eigenvalue weighted by molar-refractivity contribution is 0.102. The molecule has 0 spiro atoms. The highest BCUT2D eigenvalue weighted by Gasteiger charge is 2.26. The summed E-state index contributed by atoms with van der Waals surface area (Å²) in [6, 6.07) is 24.6. The molecule has 0 aliphatic carbocycles. The van der Waals surface area contributed by atoms with Crippen LogP contribution in [-0.2, 0) is 19.5 Å². The summed E-state index contributed by atoms with van der Waals surface area (Å²) in [5.74, 6) is -0.0635. The number of carbonyl (C=O) groups is 1. The van der Waals surface area contributed by atoms with Crippen molar-refractivity contribution < 1.29 is 4.79 Å². The number of hydrogen-bond acceptors (Lipinski definition) is 3. The van der Waals surface area contributed by atoms with Gasteiger partial charge in [0.25, 0.3) is 5.91 Å². The fraction of sp³-hybridized carbons (Fsp3) is 0.214. The van der Waals surface area contributed by atoms with E-state index >= 15 is 0 Å². The molecule has 0 bridgehead atoms. The molecule has 0 unspecified atom stereocenters. The van der Waals surface area contributed by atoms with Crippen molar-refractivity contribution in [3.05, 3.63) is 106 Å². The third kappa shape index (κ3) is 4.14. The summed E-state index contributed by atoms with van der Waals surface area (Å²) in [7, 11) is 0. The zero-order valence-corrected chi connectivity index (χ0v) is 18.6. The summed E-state index contributed by atoms with van der Waals surface area (Å²) in [5, 5.41) is 4.07. The minimum absolute atomic E-state index is 0.0635. The maximum absolute atomic E-state index is 13.6. The van der Waals surface area contributed by atoms with Crippen LogP contribution in [0.1, 0.15) is 38.3 Å². The van der Waals surface area contributed by atoms with Crippen molar-refractivity contribution in [1.29, 1.82) is 0 Å². The first kappa shape index (κ1) is 20.4. The van der Waals surface area contributed by atoms with Crippen LogP contribution >= 0.6 is 0 Å². The average Bonchev–Trinajstić information content (AvgIpc) is 2.77. The highest BCUT2D eigenvalue weighted by atomic mass is 16.1. The molecule has 1 aromatic heterocycles. The molecule has 4 aromatic rings. The van der Waals surface area contributed by atoms with E-state index in [4.69, 9.17) is 4.98 Å². The van der Waals surface area contributed by atoms with Gasteiger partial charge in [0, 0.05) is 48.4 Å². The smallest absolute Gasteiger partial charge is 0.256 e. The fourth-order valence-electron chi connectivity index (χ4n) is 4.72. The summed E-state index contributed by atoms with van der Waals surface area (Å²) in [6.07, 6.45) is 0.844. The molecule has 2 heterocycles. The van der Waals surface area contributed by atoms with E-state index in [9.17, 15) is 4.79 Å². The van der Waals surface area contributed by atoms with E-state index in [0.29, 0.717) is 0 Å². The molecule has 0 radical (unpaired) electrons. The van der Waals surface area contributed by atoms with E-state index in [-0.39, 0.29) is 5.91 Å². The molecule has 4 nitrogen and oxygen atoms in total. The molecule has 1 aliphatic heterocycles. The van der Waals surface area contributed by atoms with E-state index < -0.39 is 0 Å². The molecule has 0 fully saturated rings. The third-order valence-electron chi connectivity index (χ3n) is 6.08. The molecule has 0 saturated heterocycles. The van der Waals surface area contributed by atoms with Gasteiger partial charge in [0.1, 0.15) is 0 Å². The average molecular weight is 422 g/mol. The number of hydrogen-bond donors (Lipinski definition) is 1. The number of benzene rings is 3. The van der Waals surface area contributed by atoms with E-state index in [1.165, 1.54) is 5.56 Å². The van der Waals surface area contributed by atoms with Crippen LogP contribution in [0, 0.1) is 13.8 Å². The summed E-state index contributed by atoms with van der Waals surface area (Å²) in [4.78, 5) is 21.0. The number of nitrogens with zero attached hydrogens (tertiary/aromatic N) is 2. The predicted octanol–water partition coefficient (Wildman–Crippen LogP) is 5.66. The lowest BCUT2D eigenvalue weighted by Gasteiger charge is -2.30. The van der Waals surface area contributed by atoms with E-state index in [0.717, 1.165) is 70.6 Å². The largest absolute Gasteiger partial charge is 0.322 e. The number of nitrogens with one attached hydrogen (secondary N) is 1. The Kier molecular flexibility index (Phi) is 5.46. The molecule has 1 amide bonds. The summed E-state index contributed by atoms with van der Waals surface area (Å²) < 4.78 is 0. The summed E-state index contributed by atoms with van der Waals surface area (Å²) in [5.41, 5.74) is 8.11. The molecular weight excluding hydrogens is 394 g/mol. The number of carbonyl (C=O) groups excluding carboxylic acids is 1. The van der Waals surface area contributed by atoms with Gasteiger partial charge in [-0.1, -0.05) is 54.6 Å². The zero-order chi connectivity index (χ0) is 22.1. The van der Waals surface area contributed by atoms with Crippen molar-refractivity contribution in [3.63, 3.8) is 0 Å². The van der Waals surface area contributed by atoms with Gasteiger partial charge in [-0.2, -0.15) is 0 Å².